The summed E-state index contributed by atoms with van der Waals surface area (Å²) in [7, 11) is 0. The number of nitro benzene ring substituents is 1. The third-order valence-corrected chi connectivity index (χ3v) is 4.10. The summed E-state index contributed by atoms with van der Waals surface area (Å²) in [6.07, 6.45) is 5.13. The van der Waals surface area contributed by atoms with Gasteiger partial charge >= 0.3 is 0 Å². The fourth-order valence-electron chi connectivity index (χ4n) is 2.67. The van der Waals surface area contributed by atoms with Crippen LogP contribution >= 0.6 is 0 Å². The minimum Gasteiger partial charge on any atom is -0.318 e. The summed E-state index contributed by atoms with van der Waals surface area (Å²) >= 11 is 0. The molecule has 1 aromatic carbocycles. The Kier molecular flexibility index (Phi) is 3.58. The van der Waals surface area contributed by atoms with E-state index in [-0.39, 0.29) is 10.6 Å². The van der Waals surface area contributed by atoms with E-state index in [4.69, 9.17) is 5.84 Å². The number of benzene rings is 1. The molecule has 0 radical (unpaired) electrons. The van der Waals surface area contributed by atoms with Crippen molar-refractivity contribution in [2.45, 2.75) is 38.3 Å². The average molecular weight is 276 g/mol. The molecule has 0 saturated heterocycles. The maximum Gasteiger partial charge on any atom is 0.293 e. The Morgan fingerprint density at radius 1 is 1.35 bits per heavy atom. The molecular formula is C14H20N4O2. The molecule has 2 aliphatic carbocycles. The van der Waals surface area contributed by atoms with E-state index in [0.29, 0.717) is 11.7 Å². The van der Waals surface area contributed by atoms with Crippen molar-refractivity contribution in [1.82, 2.24) is 4.90 Å². The van der Waals surface area contributed by atoms with Gasteiger partial charge in [0.05, 0.1) is 4.92 Å². The standard InChI is InChI=1S/C14H20N4O2/c15-16-14-11(2-1-3-13(14)18(19)20)9-17(12-6-7-12)8-10-4-5-10/h1-3,10,12,16H,4-9,15H2. The first-order chi connectivity index (χ1) is 9.69. The van der Waals surface area contributed by atoms with Crippen LogP contribution in [-0.2, 0) is 6.54 Å². The monoisotopic (exact) mass is 276 g/mol. The summed E-state index contributed by atoms with van der Waals surface area (Å²) in [5.41, 5.74) is 3.91. The molecule has 0 atom stereocenters. The first-order valence-corrected chi connectivity index (χ1v) is 7.16. The van der Waals surface area contributed by atoms with E-state index in [2.05, 4.69) is 10.3 Å². The smallest absolute Gasteiger partial charge is 0.293 e. The van der Waals surface area contributed by atoms with Crippen molar-refractivity contribution in [2.24, 2.45) is 11.8 Å². The lowest BCUT2D eigenvalue weighted by Gasteiger charge is -2.23. The van der Waals surface area contributed by atoms with Gasteiger partial charge in [0.25, 0.3) is 5.69 Å². The van der Waals surface area contributed by atoms with Crippen LogP contribution in [0.5, 0.6) is 0 Å². The molecule has 20 heavy (non-hydrogen) atoms. The predicted molar refractivity (Wildman–Crippen MR) is 77.1 cm³/mol. The van der Waals surface area contributed by atoms with E-state index in [1.54, 1.807) is 6.07 Å². The van der Waals surface area contributed by atoms with E-state index in [1.165, 1.54) is 31.7 Å². The van der Waals surface area contributed by atoms with Gasteiger partial charge in [-0.3, -0.25) is 20.9 Å². The summed E-state index contributed by atoms with van der Waals surface area (Å²) in [4.78, 5) is 13.1. The minimum atomic E-state index is -0.388. The second-order valence-electron chi connectivity index (χ2n) is 5.82. The Labute approximate surface area is 118 Å². The number of nitrogens with one attached hydrogen (secondary N) is 1. The molecule has 0 bridgehead atoms. The van der Waals surface area contributed by atoms with Gasteiger partial charge in [0.1, 0.15) is 5.69 Å². The molecule has 2 fully saturated rings. The second kappa shape index (κ2) is 5.38. The van der Waals surface area contributed by atoms with E-state index in [1.807, 2.05) is 6.07 Å². The highest BCUT2D eigenvalue weighted by atomic mass is 16.6. The zero-order chi connectivity index (χ0) is 14.1. The van der Waals surface area contributed by atoms with E-state index in [0.717, 1.165) is 24.6 Å². The topological polar surface area (TPSA) is 84.4 Å². The number of hydrogen-bond acceptors (Lipinski definition) is 5. The number of anilines is 1. The highest BCUT2D eigenvalue weighted by molar-refractivity contribution is 5.65. The Morgan fingerprint density at radius 2 is 2.10 bits per heavy atom. The molecule has 3 rings (SSSR count). The van der Waals surface area contributed by atoms with Crippen LogP contribution in [-0.4, -0.2) is 22.4 Å². The predicted octanol–water partition coefficient (Wildman–Crippen LogP) is 2.25. The molecule has 0 aromatic heterocycles. The number of rotatable bonds is 7. The van der Waals surface area contributed by atoms with Crippen molar-refractivity contribution in [2.75, 3.05) is 12.0 Å². The Hall–Kier alpha value is -1.66. The molecule has 0 heterocycles. The van der Waals surface area contributed by atoms with Gasteiger partial charge in [-0.2, -0.15) is 0 Å². The Bertz CT molecular complexity index is 512. The summed E-state index contributed by atoms with van der Waals surface area (Å²) in [6, 6.07) is 5.79. The lowest BCUT2D eigenvalue weighted by Crippen LogP contribution is -2.28. The van der Waals surface area contributed by atoms with Gasteiger partial charge in [-0.25, -0.2) is 0 Å². The molecule has 6 heteroatoms. The summed E-state index contributed by atoms with van der Waals surface area (Å²) in [6.45, 7) is 1.85. The molecule has 0 spiro atoms. The number of hydrazine groups is 1. The third-order valence-electron chi connectivity index (χ3n) is 4.10. The van der Waals surface area contributed by atoms with Gasteiger partial charge in [-0.05, 0) is 37.2 Å². The molecular weight excluding hydrogens is 256 g/mol. The third kappa shape index (κ3) is 2.91. The van der Waals surface area contributed by atoms with Crippen LogP contribution in [0.4, 0.5) is 11.4 Å². The summed E-state index contributed by atoms with van der Waals surface area (Å²) in [5.74, 6) is 6.32. The van der Waals surface area contributed by atoms with Crippen molar-refractivity contribution in [1.29, 1.82) is 0 Å². The SMILES string of the molecule is NNc1c(CN(CC2CC2)C2CC2)cccc1[N+](=O)[O-]. The summed E-state index contributed by atoms with van der Waals surface area (Å²) in [5, 5.41) is 11.0. The molecule has 0 aliphatic heterocycles. The number of nitrogens with zero attached hydrogens (tertiary/aromatic N) is 2. The molecule has 2 saturated carbocycles. The Morgan fingerprint density at radius 3 is 2.65 bits per heavy atom. The number of nitrogens with two attached hydrogens (primary N) is 1. The largest absolute Gasteiger partial charge is 0.318 e. The van der Waals surface area contributed by atoms with Crippen molar-refractivity contribution in [3.05, 3.63) is 33.9 Å². The van der Waals surface area contributed by atoms with Crippen LogP contribution < -0.4 is 11.3 Å². The lowest BCUT2D eigenvalue weighted by atomic mass is 10.1. The van der Waals surface area contributed by atoms with E-state index < -0.39 is 0 Å². The molecule has 6 nitrogen and oxygen atoms in total. The fraction of sp³-hybridized carbons (Fsp3) is 0.571. The van der Waals surface area contributed by atoms with Crippen LogP contribution in [0.1, 0.15) is 31.2 Å². The minimum absolute atomic E-state index is 0.0483. The molecule has 2 aliphatic rings. The van der Waals surface area contributed by atoms with E-state index >= 15 is 0 Å². The van der Waals surface area contributed by atoms with Gasteiger partial charge < -0.3 is 5.43 Å². The zero-order valence-corrected chi connectivity index (χ0v) is 11.4. The van der Waals surface area contributed by atoms with Crippen molar-refractivity contribution in [3.63, 3.8) is 0 Å². The number of nitrogen functional groups attached to an aromatic ring is 1. The van der Waals surface area contributed by atoms with Crippen LogP contribution in [0.25, 0.3) is 0 Å². The van der Waals surface area contributed by atoms with Crippen LogP contribution in [0, 0.1) is 16.0 Å². The molecule has 108 valence electrons. The van der Waals surface area contributed by atoms with Gasteiger partial charge in [0.2, 0.25) is 0 Å². The number of para-hydroxylation sites is 1. The van der Waals surface area contributed by atoms with Crippen LogP contribution in [0.3, 0.4) is 0 Å². The summed E-state index contributed by atoms with van der Waals surface area (Å²) < 4.78 is 0. The number of hydrogen-bond donors (Lipinski definition) is 2. The van der Waals surface area contributed by atoms with Crippen molar-refractivity contribution >= 4 is 11.4 Å². The van der Waals surface area contributed by atoms with E-state index in [9.17, 15) is 10.1 Å². The average Bonchev–Trinajstić information content (AvgIpc) is 3.29. The lowest BCUT2D eigenvalue weighted by molar-refractivity contribution is -0.384. The maximum atomic E-state index is 11.0. The quantitative estimate of drug-likeness (QED) is 0.453. The normalized spacial score (nSPS) is 18.3. The fourth-order valence-corrected chi connectivity index (χ4v) is 2.67. The molecule has 1 aromatic rings. The van der Waals surface area contributed by atoms with Crippen molar-refractivity contribution in [3.8, 4) is 0 Å². The van der Waals surface area contributed by atoms with Crippen LogP contribution in [0.15, 0.2) is 18.2 Å². The highest BCUT2D eigenvalue weighted by Gasteiger charge is 2.34. The molecule has 0 amide bonds. The molecule has 0 unspecified atom stereocenters. The highest BCUT2D eigenvalue weighted by Crippen LogP contribution is 2.37. The molecule has 3 N–H and O–H groups in total. The van der Waals surface area contributed by atoms with Crippen molar-refractivity contribution < 1.29 is 4.92 Å². The second-order valence-corrected chi connectivity index (χ2v) is 5.82. The number of nitro groups is 1. The van der Waals surface area contributed by atoms with Gasteiger partial charge in [0.15, 0.2) is 0 Å². The maximum absolute atomic E-state index is 11.0. The van der Waals surface area contributed by atoms with Gasteiger partial charge in [0, 0.05) is 25.2 Å². The van der Waals surface area contributed by atoms with Crippen LogP contribution in [0.2, 0.25) is 0 Å². The van der Waals surface area contributed by atoms with Gasteiger partial charge in [-0.1, -0.05) is 12.1 Å². The Balaban J connectivity index is 1.80. The van der Waals surface area contributed by atoms with Gasteiger partial charge in [-0.15, -0.1) is 0 Å². The first kappa shape index (κ1) is 13.3. The first-order valence-electron chi connectivity index (χ1n) is 7.16. The zero-order valence-electron chi connectivity index (χ0n) is 11.4.